The highest BCUT2D eigenvalue weighted by atomic mass is 32.2. The minimum absolute atomic E-state index is 0.317. The molecule has 0 heterocycles. The average Bonchev–Trinajstić information content (AvgIpc) is 1.75. The molecule has 0 radical (unpaired) electrons. The molecule has 0 aliphatic heterocycles. The molecule has 1 rings (SSSR count). The van der Waals surface area contributed by atoms with E-state index in [-0.39, 0.29) is 0 Å². The van der Waals surface area contributed by atoms with Crippen molar-refractivity contribution < 1.29 is 12.6 Å². The van der Waals surface area contributed by atoms with Crippen molar-refractivity contribution in [2.45, 2.75) is 12.8 Å². The molecule has 1 aliphatic rings. The van der Waals surface area contributed by atoms with Crippen LogP contribution in [-0.2, 0) is 14.3 Å². The first kappa shape index (κ1) is 8.74. The Kier molecular flexibility index (Phi) is 2.34. The molecule has 0 atom stereocenters. The minimum Gasteiger partial charge on any atom is -0.270 e. The third kappa shape index (κ3) is 3.03. The number of rotatable bonds is 3. The average molecular weight is 176 g/mol. The van der Waals surface area contributed by atoms with Gasteiger partial charge >= 0.3 is 0 Å². The molecule has 3 nitrogen and oxygen atoms in total. The highest BCUT2D eigenvalue weighted by Crippen LogP contribution is 2.31. The lowest BCUT2D eigenvalue weighted by molar-refractivity contribution is 0.225. The maximum Gasteiger partial charge on any atom is 0.264 e. The molecule has 0 bridgehead atoms. The molecule has 1 saturated carbocycles. The van der Waals surface area contributed by atoms with Crippen molar-refractivity contribution in [3.63, 3.8) is 0 Å². The maximum absolute atomic E-state index is 10.5. The summed E-state index contributed by atoms with van der Waals surface area (Å²) in [5.41, 5.74) is 1.19. The molecular weight excluding hydrogens is 164 g/mol. The fraction of sp³-hybridized carbons (Fsp3) is 0.714. The summed E-state index contributed by atoms with van der Waals surface area (Å²) in [5, 5.41) is 0. The van der Waals surface area contributed by atoms with E-state index >= 15 is 0 Å². The van der Waals surface area contributed by atoms with E-state index in [4.69, 9.17) is 0 Å². The van der Waals surface area contributed by atoms with E-state index in [2.05, 4.69) is 10.8 Å². The Morgan fingerprint density at radius 3 is 2.55 bits per heavy atom. The molecule has 0 unspecified atom stereocenters. The summed E-state index contributed by atoms with van der Waals surface area (Å²) in [7, 11) is -3.24. The van der Waals surface area contributed by atoms with E-state index in [1.54, 1.807) is 0 Å². The van der Waals surface area contributed by atoms with E-state index < -0.39 is 10.1 Å². The Hall–Kier alpha value is -0.350. The standard InChI is InChI=1S/C7H12O3S/c1-6-3-7(4-6)5-10-11(2,8)9/h7H,1,3-5H2,2H3. The number of hydrogen-bond donors (Lipinski definition) is 0. The van der Waals surface area contributed by atoms with Crippen molar-refractivity contribution in [3.05, 3.63) is 12.2 Å². The monoisotopic (exact) mass is 176 g/mol. The SMILES string of the molecule is C=C1CC(COS(C)(=O)=O)C1. The summed E-state index contributed by atoms with van der Waals surface area (Å²) < 4.78 is 25.6. The van der Waals surface area contributed by atoms with E-state index in [1.165, 1.54) is 5.57 Å². The summed E-state index contributed by atoms with van der Waals surface area (Å²) >= 11 is 0. The largest absolute Gasteiger partial charge is 0.270 e. The molecule has 0 N–H and O–H groups in total. The normalized spacial score (nSPS) is 19.9. The van der Waals surface area contributed by atoms with Gasteiger partial charge in [0.15, 0.2) is 0 Å². The van der Waals surface area contributed by atoms with Crippen molar-refractivity contribution in [2.75, 3.05) is 12.9 Å². The van der Waals surface area contributed by atoms with Gasteiger partial charge in [-0.25, -0.2) is 0 Å². The Morgan fingerprint density at radius 1 is 1.64 bits per heavy atom. The summed E-state index contributed by atoms with van der Waals surface area (Å²) in [5.74, 6) is 0.372. The second-order valence-corrected chi connectivity index (χ2v) is 4.66. The van der Waals surface area contributed by atoms with Crippen LogP contribution in [0.1, 0.15) is 12.8 Å². The molecule has 64 valence electrons. The molecule has 0 saturated heterocycles. The maximum atomic E-state index is 10.5. The van der Waals surface area contributed by atoms with Crippen LogP contribution >= 0.6 is 0 Å². The highest BCUT2D eigenvalue weighted by Gasteiger charge is 2.22. The van der Waals surface area contributed by atoms with Gasteiger partial charge in [0.05, 0.1) is 12.9 Å². The molecule has 0 amide bonds. The molecule has 0 aromatic rings. The molecule has 0 aromatic carbocycles. The van der Waals surface area contributed by atoms with Crippen molar-refractivity contribution in [3.8, 4) is 0 Å². The summed E-state index contributed by atoms with van der Waals surface area (Å²) in [6.07, 6.45) is 2.89. The van der Waals surface area contributed by atoms with Gasteiger partial charge in [0.2, 0.25) is 0 Å². The van der Waals surface area contributed by atoms with Gasteiger partial charge in [-0.15, -0.1) is 0 Å². The fourth-order valence-electron chi connectivity index (χ4n) is 1.09. The lowest BCUT2D eigenvalue weighted by atomic mass is 9.82. The lowest BCUT2D eigenvalue weighted by Gasteiger charge is -2.27. The molecular formula is C7H12O3S. The van der Waals surface area contributed by atoms with Crippen LogP contribution in [0.3, 0.4) is 0 Å². The van der Waals surface area contributed by atoms with Gasteiger partial charge in [0.1, 0.15) is 0 Å². The van der Waals surface area contributed by atoms with Crippen LogP contribution in [0.25, 0.3) is 0 Å². The van der Waals surface area contributed by atoms with Gasteiger partial charge in [0.25, 0.3) is 10.1 Å². The van der Waals surface area contributed by atoms with Crippen LogP contribution in [0.15, 0.2) is 12.2 Å². The molecule has 1 aliphatic carbocycles. The molecule has 0 spiro atoms. The van der Waals surface area contributed by atoms with E-state index in [0.717, 1.165) is 19.1 Å². The van der Waals surface area contributed by atoms with Gasteiger partial charge < -0.3 is 0 Å². The van der Waals surface area contributed by atoms with Gasteiger partial charge in [-0.05, 0) is 18.8 Å². The molecule has 0 aromatic heterocycles. The fourth-order valence-corrected chi connectivity index (χ4v) is 1.53. The van der Waals surface area contributed by atoms with Crippen LogP contribution in [0.5, 0.6) is 0 Å². The zero-order valence-electron chi connectivity index (χ0n) is 6.54. The number of allylic oxidation sites excluding steroid dienone is 1. The molecule has 4 heteroatoms. The topological polar surface area (TPSA) is 43.4 Å². The lowest BCUT2D eigenvalue weighted by Crippen LogP contribution is -2.21. The van der Waals surface area contributed by atoms with Crippen LogP contribution in [-0.4, -0.2) is 21.3 Å². The number of hydrogen-bond acceptors (Lipinski definition) is 3. The van der Waals surface area contributed by atoms with Crippen molar-refractivity contribution in [1.82, 2.24) is 0 Å². The van der Waals surface area contributed by atoms with E-state index in [9.17, 15) is 8.42 Å². The Balaban J connectivity index is 2.20. The summed E-state index contributed by atoms with van der Waals surface area (Å²) in [6.45, 7) is 4.07. The van der Waals surface area contributed by atoms with Gasteiger partial charge in [0, 0.05) is 0 Å². The Morgan fingerprint density at radius 2 is 2.18 bits per heavy atom. The molecule has 11 heavy (non-hydrogen) atoms. The molecule has 1 fully saturated rings. The van der Waals surface area contributed by atoms with E-state index in [1.807, 2.05) is 0 Å². The first-order valence-electron chi connectivity index (χ1n) is 3.48. The van der Waals surface area contributed by atoms with Crippen LogP contribution in [0.4, 0.5) is 0 Å². The van der Waals surface area contributed by atoms with E-state index in [0.29, 0.717) is 12.5 Å². The van der Waals surface area contributed by atoms with Crippen LogP contribution in [0.2, 0.25) is 0 Å². The van der Waals surface area contributed by atoms with Gasteiger partial charge in [-0.3, -0.25) is 4.18 Å². The van der Waals surface area contributed by atoms with Gasteiger partial charge in [-0.1, -0.05) is 12.2 Å². The predicted octanol–water partition coefficient (Wildman–Crippen LogP) is 0.929. The zero-order valence-corrected chi connectivity index (χ0v) is 7.36. The predicted molar refractivity (Wildman–Crippen MR) is 42.7 cm³/mol. The second-order valence-electron chi connectivity index (χ2n) is 3.01. The Labute approximate surface area is 67.2 Å². The summed E-state index contributed by atoms with van der Waals surface area (Å²) in [6, 6.07) is 0. The third-order valence-corrected chi connectivity index (χ3v) is 2.24. The van der Waals surface area contributed by atoms with Crippen LogP contribution < -0.4 is 0 Å². The summed E-state index contributed by atoms with van der Waals surface area (Å²) in [4.78, 5) is 0. The Bertz CT molecular complexity index is 245. The zero-order chi connectivity index (χ0) is 8.48. The van der Waals surface area contributed by atoms with Crippen molar-refractivity contribution in [2.24, 2.45) is 5.92 Å². The van der Waals surface area contributed by atoms with Crippen LogP contribution in [0, 0.1) is 5.92 Å². The first-order chi connectivity index (χ1) is 4.97. The second kappa shape index (κ2) is 2.95. The smallest absolute Gasteiger partial charge is 0.264 e. The van der Waals surface area contributed by atoms with Crippen molar-refractivity contribution >= 4 is 10.1 Å². The van der Waals surface area contributed by atoms with Crippen molar-refractivity contribution in [1.29, 1.82) is 0 Å². The third-order valence-electron chi connectivity index (χ3n) is 1.67. The highest BCUT2D eigenvalue weighted by molar-refractivity contribution is 7.85. The minimum atomic E-state index is -3.24. The first-order valence-corrected chi connectivity index (χ1v) is 5.30. The van der Waals surface area contributed by atoms with Gasteiger partial charge in [-0.2, -0.15) is 8.42 Å². The quantitative estimate of drug-likeness (QED) is 0.474.